The highest BCUT2D eigenvalue weighted by Crippen LogP contribution is 2.29. The molecule has 0 saturated carbocycles. The van der Waals surface area contributed by atoms with Crippen molar-refractivity contribution >= 4 is 79.7 Å². The summed E-state index contributed by atoms with van der Waals surface area (Å²) in [4.78, 5) is 27.2. The number of hydrogen-bond acceptors (Lipinski definition) is 10. The van der Waals surface area contributed by atoms with Gasteiger partial charge in [0.05, 0.1) is 11.4 Å². The van der Waals surface area contributed by atoms with Gasteiger partial charge < -0.3 is 20.8 Å². The van der Waals surface area contributed by atoms with Crippen LogP contribution in [0, 0.1) is 0 Å². The maximum Gasteiger partial charge on any atom is 0.328 e. The Bertz CT molecular complexity index is 2470. The van der Waals surface area contributed by atoms with E-state index in [1.807, 2.05) is 97.1 Å². The zero-order chi connectivity index (χ0) is 40.7. The average Bonchev–Trinajstić information content (AvgIpc) is 3.25. The topological polar surface area (TPSA) is 176 Å². The summed E-state index contributed by atoms with van der Waals surface area (Å²) in [5.41, 5.74) is 6.06. The minimum atomic E-state index is -1.26. The number of carboxylic acid groups (broad SMARTS) is 2. The Morgan fingerprint density at radius 3 is 1.17 bits per heavy atom. The third-order valence-electron chi connectivity index (χ3n) is 8.35. The Morgan fingerprint density at radius 1 is 0.483 bits per heavy atom. The van der Waals surface area contributed by atoms with Gasteiger partial charge in [-0.15, -0.1) is 10.2 Å². The zero-order valence-corrected chi connectivity index (χ0v) is 32.1. The summed E-state index contributed by atoms with van der Waals surface area (Å²) in [6.45, 7) is 0. The molecule has 8 rings (SSSR count). The highest BCUT2D eigenvalue weighted by molar-refractivity contribution is 6.31. The predicted octanol–water partition coefficient (Wildman–Crippen LogP) is 9.74. The van der Waals surface area contributed by atoms with E-state index in [0.717, 1.165) is 79.9 Å². The van der Waals surface area contributed by atoms with E-state index in [9.17, 15) is 9.59 Å². The Hall–Kier alpha value is -7.28. The number of aliphatic carboxylic acids is 2. The van der Waals surface area contributed by atoms with Gasteiger partial charge in [0.1, 0.15) is 0 Å². The Balaban J connectivity index is 0.000000165. The van der Waals surface area contributed by atoms with Crippen molar-refractivity contribution < 1.29 is 19.8 Å². The van der Waals surface area contributed by atoms with Gasteiger partial charge in [-0.3, -0.25) is 9.97 Å². The van der Waals surface area contributed by atoms with Crippen molar-refractivity contribution in [3.8, 4) is 0 Å². The smallest absolute Gasteiger partial charge is 0.328 e. The van der Waals surface area contributed by atoms with E-state index in [1.165, 1.54) is 0 Å². The summed E-state index contributed by atoms with van der Waals surface area (Å²) in [6, 6.07) is 39.4. The number of benzene rings is 4. The fourth-order valence-corrected chi connectivity index (χ4v) is 5.89. The van der Waals surface area contributed by atoms with E-state index >= 15 is 0 Å². The van der Waals surface area contributed by atoms with E-state index in [4.69, 9.17) is 33.4 Å². The maximum atomic E-state index is 9.55. The molecule has 4 aromatic carbocycles. The lowest BCUT2D eigenvalue weighted by molar-refractivity contribution is -0.134. The minimum Gasteiger partial charge on any atom is -0.478 e. The Morgan fingerprint density at radius 2 is 0.828 bits per heavy atom. The molecular formula is C44H34Cl2N8O4. The standard InChI is InChI=1S/2C20H15ClN4.C4H4O4/c2*21-15-5-7-16(8-6-15)23-20-18-4-2-1-3-17(18)19(24-25-20)13-14-9-11-22-12-10-14;5-3(6)1-2-4(7)8/h2*1-12H,13H2,(H,23,25);1-2H,(H,5,6)(H,7,8)/b;;2-1+. The second kappa shape index (κ2) is 20.1. The number of nitrogens with zero attached hydrogens (tertiary/aromatic N) is 6. The average molecular weight is 810 g/mol. The number of hydrogen-bond donors (Lipinski definition) is 4. The van der Waals surface area contributed by atoms with E-state index in [1.54, 1.807) is 24.8 Å². The van der Waals surface area contributed by atoms with Gasteiger partial charge in [0.25, 0.3) is 0 Å². The molecular weight excluding hydrogens is 775 g/mol. The molecule has 0 bridgehead atoms. The van der Waals surface area contributed by atoms with Crippen LogP contribution < -0.4 is 10.6 Å². The zero-order valence-electron chi connectivity index (χ0n) is 30.6. The fraction of sp³-hybridized carbons (Fsp3) is 0.0455. The third kappa shape index (κ3) is 11.6. The summed E-state index contributed by atoms with van der Waals surface area (Å²) < 4.78 is 0. The normalized spacial score (nSPS) is 10.6. The first-order chi connectivity index (χ1) is 28.2. The quantitative estimate of drug-likeness (QED) is 0.0964. The number of fused-ring (bicyclic) bond motifs is 2. The van der Waals surface area contributed by atoms with Crippen molar-refractivity contribution in [1.29, 1.82) is 0 Å². The number of anilines is 4. The molecule has 4 aromatic heterocycles. The van der Waals surface area contributed by atoms with Crippen LogP contribution >= 0.6 is 23.2 Å². The van der Waals surface area contributed by atoms with Crippen molar-refractivity contribution in [3.63, 3.8) is 0 Å². The van der Waals surface area contributed by atoms with Gasteiger partial charge in [0, 0.05) is 92.7 Å². The molecule has 4 N–H and O–H groups in total. The summed E-state index contributed by atoms with van der Waals surface area (Å²) in [5.74, 6) is -1.05. The van der Waals surface area contributed by atoms with Crippen molar-refractivity contribution in [2.24, 2.45) is 0 Å². The van der Waals surface area contributed by atoms with Gasteiger partial charge in [0.2, 0.25) is 0 Å². The van der Waals surface area contributed by atoms with Crippen LogP contribution in [0.2, 0.25) is 10.0 Å². The highest BCUT2D eigenvalue weighted by Gasteiger charge is 2.12. The van der Waals surface area contributed by atoms with Gasteiger partial charge in [0.15, 0.2) is 11.6 Å². The van der Waals surface area contributed by atoms with Crippen LogP contribution in [0.25, 0.3) is 21.5 Å². The van der Waals surface area contributed by atoms with Gasteiger partial charge in [-0.05, 0) is 83.9 Å². The van der Waals surface area contributed by atoms with Gasteiger partial charge in [-0.1, -0.05) is 71.7 Å². The molecule has 0 aliphatic carbocycles. The number of halogens is 2. The molecule has 14 heteroatoms. The minimum absolute atomic E-state index is 0.558. The van der Waals surface area contributed by atoms with Crippen molar-refractivity contribution in [1.82, 2.24) is 30.4 Å². The molecule has 288 valence electrons. The number of rotatable bonds is 10. The Labute approximate surface area is 342 Å². The van der Waals surface area contributed by atoms with Crippen LogP contribution in [0.3, 0.4) is 0 Å². The Kier molecular flexibility index (Phi) is 14.0. The van der Waals surface area contributed by atoms with Crippen LogP contribution in [0.4, 0.5) is 23.0 Å². The van der Waals surface area contributed by atoms with E-state index in [-0.39, 0.29) is 0 Å². The second-order valence-electron chi connectivity index (χ2n) is 12.4. The predicted molar refractivity (Wildman–Crippen MR) is 227 cm³/mol. The first-order valence-electron chi connectivity index (χ1n) is 17.7. The summed E-state index contributed by atoms with van der Waals surface area (Å²) >= 11 is 11.9. The molecule has 0 fully saturated rings. The van der Waals surface area contributed by atoms with Gasteiger partial charge in [-0.2, -0.15) is 10.2 Å². The lowest BCUT2D eigenvalue weighted by Crippen LogP contribution is -2.02. The van der Waals surface area contributed by atoms with E-state index < -0.39 is 11.9 Å². The number of carbonyl (C=O) groups is 2. The molecule has 0 aliphatic rings. The van der Waals surface area contributed by atoms with Crippen molar-refractivity contribution in [3.05, 3.63) is 191 Å². The first kappa shape index (κ1) is 40.4. The van der Waals surface area contributed by atoms with Crippen LogP contribution in [-0.4, -0.2) is 52.5 Å². The molecule has 0 saturated heterocycles. The molecule has 0 aliphatic heterocycles. The SMILES string of the molecule is Clc1ccc(Nc2nnc(Cc3ccncc3)c3ccccc23)cc1.Clc1ccc(Nc2nnc(Cc3ccncc3)c3ccccc23)cc1.O=C(O)/C=C/C(=O)O. The summed E-state index contributed by atoms with van der Waals surface area (Å²) in [7, 11) is 0. The molecule has 12 nitrogen and oxygen atoms in total. The van der Waals surface area contributed by atoms with Crippen molar-refractivity contribution in [2.45, 2.75) is 12.8 Å². The number of aromatic nitrogens is 6. The molecule has 58 heavy (non-hydrogen) atoms. The van der Waals surface area contributed by atoms with E-state index in [2.05, 4.69) is 65.3 Å². The van der Waals surface area contributed by atoms with Gasteiger partial charge in [-0.25, -0.2) is 9.59 Å². The third-order valence-corrected chi connectivity index (χ3v) is 8.86. The molecule has 0 unspecified atom stereocenters. The molecule has 0 radical (unpaired) electrons. The fourth-order valence-electron chi connectivity index (χ4n) is 5.63. The monoisotopic (exact) mass is 808 g/mol. The number of carboxylic acids is 2. The van der Waals surface area contributed by atoms with Crippen LogP contribution in [-0.2, 0) is 22.4 Å². The number of pyridine rings is 2. The van der Waals surface area contributed by atoms with E-state index in [0.29, 0.717) is 22.2 Å². The number of nitrogens with one attached hydrogen (secondary N) is 2. The lowest BCUT2D eigenvalue weighted by Gasteiger charge is -2.11. The molecule has 0 atom stereocenters. The summed E-state index contributed by atoms with van der Waals surface area (Å²) in [6.07, 6.45) is 9.73. The van der Waals surface area contributed by atoms with Crippen LogP contribution in [0.5, 0.6) is 0 Å². The van der Waals surface area contributed by atoms with Crippen LogP contribution in [0.1, 0.15) is 22.5 Å². The molecule has 0 spiro atoms. The molecule has 4 heterocycles. The van der Waals surface area contributed by atoms with Crippen LogP contribution in [0.15, 0.2) is 158 Å². The largest absolute Gasteiger partial charge is 0.478 e. The maximum absolute atomic E-state index is 9.55. The van der Waals surface area contributed by atoms with Crippen molar-refractivity contribution in [2.75, 3.05) is 10.6 Å². The lowest BCUT2D eigenvalue weighted by atomic mass is 10.0. The first-order valence-corrected chi connectivity index (χ1v) is 18.4. The second-order valence-corrected chi connectivity index (χ2v) is 13.3. The molecule has 8 aromatic rings. The summed E-state index contributed by atoms with van der Waals surface area (Å²) in [5, 5.41) is 45.7. The molecule has 0 amide bonds. The van der Waals surface area contributed by atoms with Gasteiger partial charge >= 0.3 is 11.9 Å². The highest BCUT2D eigenvalue weighted by atomic mass is 35.5.